The van der Waals surface area contributed by atoms with Gasteiger partial charge in [-0.2, -0.15) is 0 Å². The summed E-state index contributed by atoms with van der Waals surface area (Å²) in [7, 11) is 0. The Morgan fingerprint density at radius 3 is 1.53 bits per heavy atom. The van der Waals surface area contributed by atoms with Crippen LogP contribution < -0.4 is 0 Å². The van der Waals surface area contributed by atoms with Crippen molar-refractivity contribution in [3.05, 3.63) is 108 Å². The third-order valence-electron chi connectivity index (χ3n) is 5.53. The highest BCUT2D eigenvalue weighted by molar-refractivity contribution is 5.90. The third kappa shape index (κ3) is 5.95. The lowest BCUT2D eigenvalue weighted by molar-refractivity contribution is -0.284. The van der Waals surface area contributed by atoms with Gasteiger partial charge in [0.2, 0.25) is 0 Å². The second-order valence-electron chi connectivity index (χ2n) is 7.99. The number of benzene rings is 3. The summed E-state index contributed by atoms with van der Waals surface area (Å²) in [6.45, 7) is -0.450. The van der Waals surface area contributed by atoms with Crippen molar-refractivity contribution in [1.29, 1.82) is 0 Å². The maximum absolute atomic E-state index is 12.7. The average Bonchev–Trinajstić information content (AvgIpc) is 2.92. The van der Waals surface area contributed by atoms with Gasteiger partial charge < -0.3 is 29.2 Å². The quantitative estimate of drug-likeness (QED) is 0.377. The zero-order valence-electron chi connectivity index (χ0n) is 19.0. The molecule has 2 N–H and O–H groups in total. The van der Waals surface area contributed by atoms with Gasteiger partial charge in [-0.1, -0.05) is 54.6 Å². The molecule has 0 spiro atoms. The van der Waals surface area contributed by atoms with E-state index in [2.05, 4.69) is 0 Å². The van der Waals surface area contributed by atoms with E-state index in [4.69, 9.17) is 18.9 Å². The van der Waals surface area contributed by atoms with Crippen molar-refractivity contribution in [2.24, 2.45) is 0 Å². The molecule has 36 heavy (non-hydrogen) atoms. The summed E-state index contributed by atoms with van der Waals surface area (Å²) >= 11 is 0. The Balaban J connectivity index is 1.52. The van der Waals surface area contributed by atoms with Gasteiger partial charge in [0.05, 0.1) is 16.7 Å². The van der Waals surface area contributed by atoms with Crippen molar-refractivity contribution < 1.29 is 43.5 Å². The summed E-state index contributed by atoms with van der Waals surface area (Å²) in [6, 6.07) is 24.2. The van der Waals surface area contributed by atoms with Crippen molar-refractivity contribution in [2.75, 3.05) is 6.61 Å². The molecule has 0 saturated carbocycles. The van der Waals surface area contributed by atoms with Crippen LogP contribution in [-0.4, -0.2) is 65.4 Å². The van der Waals surface area contributed by atoms with Crippen molar-refractivity contribution in [2.45, 2.75) is 30.7 Å². The minimum Gasteiger partial charge on any atom is -0.459 e. The van der Waals surface area contributed by atoms with Gasteiger partial charge in [0.15, 0.2) is 18.5 Å². The number of ether oxygens (including phenoxy) is 4. The van der Waals surface area contributed by atoms with Gasteiger partial charge in [0.25, 0.3) is 0 Å². The Morgan fingerprint density at radius 2 is 1.06 bits per heavy atom. The molecule has 5 atom stereocenters. The number of aliphatic hydroxyl groups is 2. The number of aliphatic hydroxyl groups excluding tert-OH is 2. The van der Waals surface area contributed by atoms with Gasteiger partial charge in [-0.25, -0.2) is 14.4 Å². The van der Waals surface area contributed by atoms with Crippen LogP contribution in [-0.2, 0) is 18.9 Å². The van der Waals surface area contributed by atoms with Crippen molar-refractivity contribution in [3.8, 4) is 0 Å². The predicted octanol–water partition coefficient (Wildman–Crippen LogP) is 2.37. The molecule has 0 bridgehead atoms. The van der Waals surface area contributed by atoms with Crippen molar-refractivity contribution in [1.82, 2.24) is 0 Å². The van der Waals surface area contributed by atoms with Crippen molar-refractivity contribution >= 4 is 17.9 Å². The largest absolute Gasteiger partial charge is 0.459 e. The van der Waals surface area contributed by atoms with Crippen molar-refractivity contribution in [3.63, 3.8) is 0 Å². The van der Waals surface area contributed by atoms with Gasteiger partial charge in [0.1, 0.15) is 18.8 Å². The minimum absolute atomic E-state index is 0.189. The molecule has 9 nitrogen and oxygen atoms in total. The zero-order chi connectivity index (χ0) is 25.5. The van der Waals surface area contributed by atoms with Crippen LogP contribution in [0.3, 0.4) is 0 Å². The smallest absolute Gasteiger partial charge is 0.338 e. The number of hydrogen-bond donors (Lipinski definition) is 2. The van der Waals surface area contributed by atoms with E-state index in [1.807, 2.05) is 0 Å². The molecule has 0 aliphatic carbocycles. The van der Waals surface area contributed by atoms with Gasteiger partial charge >= 0.3 is 17.9 Å². The number of esters is 3. The molecular formula is C27H24O9. The van der Waals surface area contributed by atoms with E-state index in [0.29, 0.717) is 0 Å². The van der Waals surface area contributed by atoms with Crippen LogP contribution in [0, 0.1) is 0 Å². The van der Waals surface area contributed by atoms with Crippen LogP contribution in [0.4, 0.5) is 0 Å². The molecule has 1 aliphatic heterocycles. The Morgan fingerprint density at radius 1 is 0.639 bits per heavy atom. The summed E-state index contributed by atoms with van der Waals surface area (Å²) in [5.74, 6) is -2.27. The monoisotopic (exact) mass is 492 g/mol. The Hall–Kier alpha value is -4.05. The van der Waals surface area contributed by atoms with Crippen LogP contribution in [0.2, 0.25) is 0 Å². The number of carbonyl (C=O) groups excluding carboxylic acids is 3. The highest BCUT2D eigenvalue weighted by Gasteiger charge is 2.49. The summed E-state index contributed by atoms with van der Waals surface area (Å²) in [5, 5.41) is 21.5. The molecular weight excluding hydrogens is 468 g/mol. The maximum atomic E-state index is 12.7. The molecule has 4 rings (SSSR count). The highest BCUT2D eigenvalue weighted by Crippen LogP contribution is 2.27. The molecule has 0 unspecified atom stereocenters. The van der Waals surface area contributed by atoms with Gasteiger partial charge in [-0.05, 0) is 36.4 Å². The average molecular weight is 492 g/mol. The standard InChI is InChI=1S/C27H24O9/c28-21-22(35-25(30)18-12-6-2-7-13-18)20(16-33-24(29)17-10-4-1-5-11-17)34-27(32)23(21)36-26(31)19-14-8-3-9-15-19/h1-15,20-23,27-28,32H,16H2/t20-,21+,22+,23-,27-/m1/s1. The van der Waals surface area contributed by atoms with Crippen LogP contribution in [0.1, 0.15) is 31.1 Å². The van der Waals surface area contributed by atoms with E-state index in [1.165, 1.54) is 24.3 Å². The fourth-order valence-electron chi connectivity index (χ4n) is 3.66. The molecule has 1 saturated heterocycles. The maximum Gasteiger partial charge on any atom is 0.338 e. The van der Waals surface area contributed by atoms with Gasteiger partial charge in [-0.3, -0.25) is 0 Å². The third-order valence-corrected chi connectivity index (χ3v) is 5.53. The van der Waals surface area contributed by atoms with Crippen LogP contribution in [0.5, 0.6) is 0 Å². The molecule has 1 fully saturated rings. The molecule has 0 radical (unpaired) electrons. The van der Waals surface area contributed by atoms with E-state index in [9.17, 15) is 24.6 Å². The number of carbonyl (C=O) groups is 3. The van der Waals surface area contributed by atoms with Gasteiger partial charge in [0, 0.05) is 0 Å². The lowest BCUT2D eigenvalue weighted by Gasteiger charge is -2.41. The summed E-state index contributed by atoms with van der Waals surface area (Å²) in [4.78, 5) is 37.6. The first kappa shape index (κ1) is 25.1. The SMILES string of the molecule is O=C(OC[C@H]1O[C@@H](O)[C@H](OC(=O)c2ccccc2)[C@@H](O)[C@H]1OC(=O)c1ccccc1)c1ccccc1. The highest BCUT2D eigenvalue weighted by atomic mass is 16.7. The summed E-state index contributed by atoms with van der Waals surface area (Å²) in [6.07, 6.45) is -7.72. The lowest BCUT2D eigenvalue weighted by Crippen LogP contribution is -2.61. The number of rotatable bonds is 7. The molecule has 3 aromatic carbocycles. The predicted molar refractivity (Wildman–Crippen MR) is 125 cm³/mol. The van der Waals surface area contributed by atoms with E-state index < -0.39 is 55.2 Å². The first-order valence-corrected chi connectivity index (χ1v) is 11.2. The summed E-state index contributed by atoms with van der Waals surface area (Å²) < 4.78 is 21.6. The van der Waals surface area contributed by atoms with E-state index in [1.54, 1.807) is 66.7 Å². The van der Waals surface area contributed by atoms with E-state index >= 15 is 0 Å². The minimum atomic E-state index is -1.78. The molecule has 186 valence electrons. The zero-order valence-corrected chi connectivity index (χ0v) is 19.0. The van der Waals surface area contributed by atoms with Crippen LogP contribution in [0.25, 0.3) is 0 Å². The van der Waals surface area contributed by atoms with Gasteiger partial charge in [-0.15, -0.1) is 0 Å². The molecule has 9 heteroatoms. The Labute approximate surface area is 206 Å². The summed E-state index contributed by atoms with van der Waals surface area (Å²) in [5.41, 5.74) is 0.671. The first-order chi connectivity index (χ1) is 17.4. The molecule has 0 aromatic heterocycles. The molecule has 3 aromatic rings. The molecule has 0 amide bonds. The first-order valence-electron chi connectivity index (χ1n) is 11.2. The second-order valence-corrected chi connectivity index (χ2v) is 7.99. The number of hydrogen-bond acceptors (Lipinski definition) is 9. The van der Waals surface area contributed by atoms with E-state index in [-0.39, 0.29) is 16.7 Å². The lowest BCUT2D eigenvalue weighted by atomic mass is 9.98. The fraction of sp³-hybridized carbons (Fsp3) is 0.222. The Kier molecular flexibility index (Phi) is 8.06. The normalized spacial score (nSPS) is 23.3. The van der Waals surface area contributed by atoms with Crippen LogP contribution >= 0.6 is 0 Å². The Bertz CT molecular complexity index is 1170. The molecule has 1 aliphatic rings. The van der Waals surface area contributed by atoms with Crippen LogP contribution in [0.15, 0.2) is 91.0 Å². The van der Waals surface area contributed by atoms with E-state index in [0.717, 1.165) is 0 Å². The second kappa shape index (κ2) is 11.6. The fourth-order valence-corrected chi connectivity index (χ4v) is 3.66. The molecule has 1 heterocycles. The topological polar surface area (TPSA) is 129 Å².